The average Bonchev–Trinajstić information content (AvgIpc) is 2.02. The number of allylic oxidation sites excluding steroid dienone is 2. The van der Waals surface area contributed by atoms with Crippen molar-refractivity contribution in [2.24, 2.45) is 5.92 Å². The first kappa shape index (κ1) is 10.5. The fourth-order valence-corrected chi connectivity index (χ4v) is 0.961. The summed E-state index contributed by atoms with van der Waals surface area (Å²) in [6, 6.07) is 0. The van der Waals surface area contributed by atoms with Gasteiger partial charge >= 0.3 is 0 Å². The molecule has 1 unspecified atom stereocenters. The molecule has 0 saturated heterocycles. The maximum absolute atomic E-state index is 2.31. The lowest BCUT2D eigenvalue weighted by Crippen LogP contribution is -2.22. The zero-order valence-electron chi connectivity index (χ0n) is 8.52. The molecule has 0 aliphatic heterocycles. The lowest BCUT2D eigenvalue weighted by molar-refractivity contribution is 0.341. The van der Waals surface area contributed by atoms with Crippen molar-refractivity contribution in [1.29, 1.82) is 0 Å². The van der Waals surface area contributed by atoms with E-state index in [1.54, 1.807) is 0 Å². The maximum Gasteiger partial charge on any atom is 0.0197 e. The standard InChI is InChI=1S/C10H21N/c1-6-9(3)8-11(5)10(4)7-2/h7,9H,6,8H2,1-5H3/b10-7+. The Balaban J connectivity index is 3.77. The van der Waals surface area contributed by atoms with Gasteiger partial charge in [-0.2, -0.15) is 0 Å². The topological polar surface area (TPSA) is 3.24 Å². The molecule has 0 rings (SSSR count). The molecule has 1 atom stereocenters. The molecule has 0 aromatic carbocycles. The molecule has 0 spiro atoms. The van der Waals surface area contributed by atoms with Gasteiger partial charge in [0.25, 0.3) is 0 Å². The highest BCUT2D eigenvalue weighted by Gasteiger charge is 2.02. The number of rotatable bonds is 4. The van der Waals surface area contributed by atoms with Gasteiger partial charge in [0.05, 0.1) is 0 Å². The van der Waals surface area contributed by atoms with Crippen LogP contribution in [0.3, 0.4) is 0 Å². The van der Waals surface area contributed by atoms with Gasteiger partial charge in [0.1, 0.15) is 0 Å². The van der Waals surface area contributed by atoms with Gasteiger partial charge in [0.15, 0.2) is 0 Å². The highest BCUT2D eigenvalue weighted by atomic mass is 15.1. The lowest BCUT2D eigenvalue weighted by atomic mass is 10.1. The van der Waals surface area contributed by atoms with Crippen molar-refractivity contribution in [3.63, 3.8) is 0 Å². The summed E-state index contributed by atoms with van der Waals surface area (Å²) in [5.41, 5.74) is 1.37. The Morgan fingerprint density at radius 2 is 2.09 bits per heavy atom. The van der Waals surface area contributed by atoms with E-state index >= 15 is 0 Å². The minimum Gasteiger partial charge on any atom is -0.378 e. The summed E-state index contributed by atoms with van der Waals surface area (Å²) in [7, 11) is 2.15. The van der Waals surface area contributed by atoms with Gasteiger partial charge in [-0.1, -0.05) is 26.3 Å². The van der Waals surface area contributed by atoms with E-state index in [-0.39, 0.29) is 0 Å². The molecule has 0 aliphatic carbocycles. The van der Waals surface area contributed by atoms with Gasteiger partial charge in [-0.3, -0.25) is 0 Å². The molecule has 0 radical (unpaired) electrons. The maximum atomic E-state index is 2.31. The summed E-state index contributed by atoms with van der Waals surface area (Å²) in [6.45, 7) is 9.94. The molecule has 0 N–H and O–H groups in total. The number of hydrogen-bond donors (Lipinski definition) is 0. The van der Waals surface area contributed by atoms with Gasteiger partial charge in [-0.05, 0) is 19.8 Å². The van der Waals surface area contributed by atoms with Crippen LogP contribution in [-0.4, -0.2) is 18.5 Å². The SMILES string of the molecule is C/C=C(\C)N(C)CC(C)CC. The average molecular weight is 155 g/mol. The van der Waals surface area contributed by atoms with Crippen molar-refractivity contribution in [3.8, 4) is 0 Å². The van der Waals surface area contributed by atoms with Crippen molar-refractivity contribution >= 4 is 0 Å². The second kappa shape index (κ2) is 5.22. The van der Waals surface area contributed by atoms with Gasteiger partial charge in [0, 0.05) is 19.3 Å². The van der Waals surface area contributed by atoms with E-state index in [4.69, 9.17) is 0 Å². The zero-order valence-corrected chi connectivity index (χ0v) is 8.52. The Bertz CT molecular complexity index is 127. The Hall–Kier alpha value is -0.460. The van der Waals surface area contributed by atoms with Crippen LogP contribution in [0.5, 0.6) is 0 Å². The first-order valence-electron chi connectivity index (χ1n) is 4.45. The molecule has 11 heavy (non-hydrogen) atoms. The molecule has 0 bridgehead atoms. The molecule has 66 valence electrons. The molecule has 1 nitrogen and oxygen atoms in total. The normalized spacial score (nSPS) is 14.8. The second-order valence-corrected chi connectivity index (χ2v) is 3.32. The van der Waals surface area contributed by atoms with Crippen LogP contribution < -0.4 is 0 Å². The second-order valence-electron chi connectivity index (χ2n) is 3.32. The quantitative estimate of drug-likeness (QED) is 0.603. The summed E-state index contributed by atoms with van der Waals surface area (Å²) < 4.78 is 0. The van der Waals surface area contributed by atoms with Gasteiger partial charge in [-0.25, -0.2) is 0 Å². The van der Waals surface area contributed by atoms with Crippen LogP contribution in [0.4, 0.5) is 0 Å². The highest BCUT2D eigenvalue weighted by Crippen LogP contribution is 2.07. The smallest absolute Gasteiger partial charge is 0.0197 e. The summed E-state index contributed by atoms with van der Waals surface area (Å²) in [6.07, 6.45) is 3.42. The molecule has 0 fully saturated rings. The third-order valence-corrected chi connectivity index (χ3v) is 2.30. The van der Waals surface area contributed by atoms with Crippen molar-refractivity contribution in [2.45, 2.75) is 34.1 Å². The summed E-state index contributed by atoms with van der Waals surface area (Å²) >= 11 is 0. The predicted octanol–water partition coefficient (Wildman–Crippen LogP) is 2.89. The Morgan fingerprint density at radius 1 is 1.55 bits per heavy atom. The number of nitrogens with zero attached hydrogens (tertiary/aromatic N) is 1. The molecule has 0 saturated carbocycles. The third-order valence-electron chi connectivity index (χ3n) is 2.30. The molecule has 0 aromatic heterocycles. The van der Waals surface area contributed by atoms with Crippen LogP contribution >= 0.6 is 0 Å². The molecule has 0 heterocycles. The van der Waals surface area contributed by atoms with Gasteiger partial charge in [-0.15, -0.1) is 0 Å². The molecule has 0 amide bonds. The first-order valence-corrected chi connectivity index (χ1v) is 4.45. The van der Waals surface area contributed by atoms with E-state index in [1.807, 2.05) is 0 Å². The van der Waals surface area contributed by atoms with E-state index in [0.29, 0.717) is 0 Å². The largest absolute Gasteiger partial charge is 0.378 e. The van der Waals surface area contributed by atoms with Crippen molar-refractivity contribution < 1.29 is 0 Å². The molecule has 0 aliphatic rings. The van der Waals surface area contributed by atoms with Crippen LogP contribution in [0, 0.1) is 5.92 Å². The van der Waals surface area contributed by atoms with Crippen LogP contribution in [0.2, 0.25) is 0 Å². The van der Waals surface area contributed by atoms with E-state index in [9.17, 15) is 0 Å². The third kappa shape index (κ3) is 4.07. The molecule has 0 aromatic rings. The summed E-state index contributed by atoms with van der Waals surface area (Å²) in [5, 5.41) is 0. The lowest BCUT2D eigenvalue weighted by Gasteiger charge is -2.22. The van der Waals surface area contributed by atoms with Crippen LogP contribution in [0.15, 0.2) is 11.8 Å². The monoisotopic (exact) mass is 155 g/mol. The Kier molecular flexibility index (Phi) is 5.01. The minimum atomic E-state index is 0.801. The molecular formula is C10H21N. The van der Waals surface area contributed by atoms with E-state index < -0.39 is 0 Å². The zero-order chi connectivity index (χ0) is 8.85. The van der Waals surface area contributed by atoms with Gasteiger partial charge < -0.3 is 4.90 Å². The number of hydrogen-bond acceptors (Lipinski definition) is 1. The fourth-order valence-electron chi connectivity index (χ4n) is 0.961. The summed E-state index contributed by atoms with van der Waals surface area (Å²) in [5.74, 6) is 0.801. The molecule has 1 heteroatoms. The van der Waals surface area contributed by atoms with Crippen LogP contribution in [-0.2, 0) is 0 Å². The fraction of sp³-hybridized carbons (Fsp3) is 0.800. The van der Waals surface area contributed by atoms with E-state index in [2.05, 4.69) is 45.7 Å². The highest BCUT2D eigenvalue weighted by molar-refractivity contribution is 4.93. The predicted molar refractivity (Wildman–Crippen MR) is 51.5 cm³/mol. The molecular weight excluding hydrogens is 134 g/mol. The minimum absolute atomic E-state index is 0.801. The van der Waals surface area contributed by atoms with Crippen molar-refractivity contribution in [2.75, 3.05) is 13.6 Å². The van der Waals surface area contributed by atoms with Crippen molar-refractivity contribution in [3.05, 3.63) is 11.8 Å². The summed E-state index contributed by atoms with van der Waals surface area (Å²) in [4.78, 5) is 2.31. The van der Waals surface area contributed by atoms with Crippen LogP contribution in [0.1, 0.15) is 34.1 Å². The Labute approximate surface area is 71.1 Å². The first-order chi connectivity index (χ1) is 5.11. The van der Waals surface area contributed by atoms with Gasteiger partial charge in [0.2, 0.25) is 0 Å². The van der Waals surface area contributed by atoms with E-state index in [0.717, 1.165) is 5.92 Å². The van der Waals surface area contributed by atoms with Crippen LogP contribution in [0.25, 0.3) is 0 Å². The van der Waals surface area contributed by atoms with Crippen molar-refractivity contribution in [1.82, 2.24) is 4.90 Å². The van der Waals surface area contributed by atoms with E-state index in [1.165, 1.54) is 18.7 Å². The Morgan fingerprint density at radius 3 is 2.45 bits per heavy atom.